The molecule has 0 saturated carbocycles. The molecule has 0 aromatic carbocycles. The van der Waals surface area contributed by atoms with Crippen molar-refractivity contribution in [3.8, 4) is 0 Å². The van der Waals surface area contributed by atoms with Gasteiger partial charge in [0.25, 0.3) is 0 Å². The maximum atomic E-state index is 12.4. The Morgan fingerprint density at radius 1 is 0.882 bits per heavy atom. The molecule has 8 heteroatoms. The van der Waals surface area contributed by atoms with Gasteiger partial charge in [0, 0.05) is 22.5 Å². The van der Waals surface area contributed by atoms with Crippen LogP contribution in [0, 0.1) is 5.41 Å². The number of carbonyl (C=O) groups excluding carboxylic acids is 2. The SMILES string of the molecule is CC(C)(C)C(=O)CC(=O)C(F)(F)C(F)(F)F.[Cu]. The van der Waals surface area contributed by atoms with E-state index < -0.39 is 35.5 Å². The van der Waals surface area contributed by atoms with E-state index in [1.54, 1.807) is 0 Å². The molecule has 2 nitrogen and oxygen atoms in total. The van der Waals surface area contributed by atoms with Crippen molar-refractivity contribution in [3.05, 3.63) is 0 Å². The number of carbonyl (C=O) groups is 2. The first-order chi connectivity index (χ1) is 6.80. The fourth-order valence-corrected chi connectivity index (χ4v) is 0.680. The molecular formula is C9H11CuF5O2. The van der Waals surface area contributed by atoms with Crippen LogP contribution in [-0.2, 0) is 26.7 Å². The molecule has 0 unspecified atom stereocenters. The minimum Gasteiger partial charge on any atom is -0.299 e. The molecule has 1 radical (unpaired) electrons. The van der Waals surface area contributed by atoms with E-state index in [1.807, 2.05) is 0 Å². The molecule has 105 valence electrons. The van der Waals surface area contributed by atoms with E-state index in [4.69, 9.17) is 0 Å². The van der Waals surface area contributed by atoms with E-state index in [0.29, 0.717) is 0 Å². The predicted octanol–water partition coefficient (Wildman–Crippen LogP) is 2.76. The Labute approximate surface area is 105 Å². The number of hydrogen-bond donors (Lipinski definition) is 0. The van der Waals surface area contributed by atoms with Crippen molar-refractivity contribution in [1.29, 1.82) is 0 Å². The fraction of sp³-hybridized carbons (Fsp3) is 0.778. The number of ketones is 2. The monoisotopic (exact) mass is 309 g/mol. The smallest absolute Gasteiger partial charge is 0.299 e. The second kappa shape index (κ2) is 5.44. The third kappa shape index (κ3) is 4.71. The molecule has 0 N–H and O–H groups in total. The number of hydrogen-bond acceptors (Lipinski definition) is 2. The molecule has 0 aromatic heterocycles. The van der Waals surface area contributed by atoms with E-state index >= 15 is 0 Å². The summed E-state index contributed by atoms with van der Waals surface area (Å²) in [5.74, 6) is -8.84. The van der Waals surface area contributed by atoms with Crippen molar-refractivity contribution in [2.24, 2.45) is 5.41 Å². The van der Waals surface area contributed by atoms with E-state index in [0.717, 1.165) is 0 Å². The van der Waals surface area contributed by atoms with Gasteiger partial charge in [-0.25, -0.2) is 0 Å². The quantitative estimate of drug-likeness (QED) is 0.456. The van der Waals surface area contributed by atoms with Crippen LogP contribution in [0.1, 0.15) is 27.2 Å². The summed E-state index contributed by atoms with van der Waals surface area (Å²) in [6.07, 6.45) is -7.38. The van der Waals surface area contributed by atoms with Crippen LogP contribution in [0.4, 0.5) is 22.0 Å². The van der Waals surface area contributed by atoms with Crippen LogP contribution in [0.3, 0.4) is 0 Å². The van der Waals surface area contributed by atoms with Gasteiger partial charge in [0.15, 0.2) is 0 Å². The van der Waals surface area contributed by atoms with Gasteiger partial charge >= 0.3 is 12.1 Å². The van der Waals surface area contributed by atoms with Gasteiger partial charge in [0.2, 0.25) is 5.78 Å². The molecule has 0 saturated heterocycles. The normalized spacial score (nSPS) is 12.9. The number of halogens is 5. The summed E-state index contributed by atoms with van der Waals surface area (Å²) in [5, 5.41) is 0. The van der Waals surface area contributed by atoms with Crippen molar-refractivity contribution >= 4 is 11.6 Å². The van der Waals surface area contributed by atoms with Gasteiger partial charge in [-0.2, -0.15) is 22.0 Å². The van der Waals surface area contributed by atoms with Crippen molar-refractivity contribution in [1.82, 2.24) is 0 Å². The summed E-state index contributed by atoms with van der Waals surface area (Å²) in [7, 11) is 0. The van der Waals surface area contributed by atoms with Crippen LogP contribution in [0.2, 0.25) is 0 Å². The van der Waals surface area contributed by atoms with Crippen LogP contribution in [0.5, 0.6) is 0 Å². The molecule has 0 amide bonds. The molecule has 0 bridgehead atoms. The molecule has 0 aliphatic carbocycles. The first-order valence-electron chi connectivity index (χ1n) is 4.31. The van der Waals surface area contributed by atoms with E-state index in [9.17, 15) is 31.5 Å². The first-order valence-corrected chi connectivity index (χ1v) is 4.31. The summed E-state index contributed by atoms with van der Waals surface area (Å²) >= 11 is 0. The average Bonchev–Trinajstić information content (AvgIpc) is 1.99. The van der Waals surface area contributed by atoms with Crippen LogP contribution < -0.4 is 0 Å². The zero-order valence-corrected chi connectivity index (χ0v) is 10.2. The molecule has 0 spiro atoms. The summed E-state index contributed by atoms with van der Waals surface area (Å²) in [5.41, 5.74) is -1.13. The number of Topliss-reactive ketones (excluding diaryl/α,β-unsaturated/α-hetero) is 2. The summed E-state index contributed by atoms with van der Waals surface area (Å²) in [6.45, 7) is 3.98. The van der Waals surface area contributed by atoms with Crippen LogP contribution in [0.15, 0.2) is 0 Å². The Kier molecular flexibility index (Phi) is 6.03. The molecular weight excluding hydrogens is 299 g/mol. The Bertz CT molecular complexity index is 303. The van der Waals surface area contributed by atoms with Gasteiger partial charge in [-0.3, -0.25) is 9.59 Å². The second-order valence-electron chi connectivity index (χ2n) is 4.35. The van der Waals surface area contributed by atoms with E-state index in [-0.39, 0.29) is 17.1 Å². The molecule has 0 aliphatic rings. The summed E-state index contributed by atoms with van der Waals surface area (Å²) in [6, 6.07) is 0. The van der Waals surface area contributed by atoms with Gasteiger partial charge in [0.1, 0.15) is 5.78 Å². The first kappa shape index (κ1) is 18.9. The number of rotatable bonds is 3. The Balaban J connectivity index is 0. The minimum absolute atomic E-state index is 0. The third-order valence-corrected chi connectivity index (χ3v) is 1.86. The number of alkyl halides is 5. The second-order valence-corrected chi connectivity index (χ2v) is 4.35. The molecule has 17 heavy (non-hydrogen) atoms. The molecule has 0 rings (SSSR count). The minimum atomic E-state index is -5.96. The molecule has 0 aliphatic heterocycles. The van der Waals surface area contributed by atoms with Gasteiger partial charge < -0.3 is 0 Å². The third-order valence-electron chi connectivity index (χ3n) is 1.86. The van der Waals surface area contributed by atoms with Gasteiger partial charge in [-0.15, -0.1) is 0 Å². The van der Waals surface area contributed by atoms with Crippen molar-refractivity contribution in [2.45, 2.75) is 39.3 Å². The summed E-state index contributed by atoms with van der Waals surface area (Å²) < 4.78 is 60.1. The van der Waals surface area contributed by atoms with Crippen molar-refractivity contribution < 1.29 is 48.6 Å². The van der Waals surface area contributed by atoms with Gasteiger partial charge in [-0.05, 0) is 0 Å². The van der Waals surface area contributed by atoms with Crippen LogP contribution >= 0.6 is 0 Å². The van der Waals surface area contributed by atoms with Gasteiger partial charge in [0.05, 0.1) is 6.42 Å². The van der Waals surface area contributed by atoms with Crippen molar-refractivity contribution in [2.75, 3.05) is 0 Å². The maximum Gasteiger partial charge on any atom is 0.461 e. The van der Waals surface area contributed by atoms with Crippen LogP contribution in [-0.4, -0.2) is 23.7 Å². The average molecular weight is 310 g/mol. The van der Waals surface area contributed by atoms with Crippen LogP contribution in [0.25, 0.3) is 0 Å². The molecule has 0 atom stereocenters. The fourth-order valence-electron chi connectivity index (χ4n) is 0.680. The maximum absolute atomic E-state index is 12.4. The van der Waals surface area contributed by atoms with E-state index in [2.05, 4.69) is 0 Å². The molecule has 0 fully saturated rings. The molecule has 0 aromatic rings. The standard InChI is InChI=1S/C9H11F5O2.Cu/c1-7(2,3)5(15)4-6(16)8(10,11)9(12,13)14;/h4H2,1-3H3;. The Hall–Kier alpha value is -0.491. The zero-order chi connectivity index (χ0) is 13.4. The Morgan fingerprint density at radius 2 is 1.24 bits per heavy atom. The topological polar surface area (TPSA) is 34.1 Å². The largest absolute Gasteiger partial charge is 0.461 e. The zero-order valence-electron chi connectivity index (χ0n) is 9.21. The van der Waals surface area contributed by atoms with E-state index in [1.165, 1.54) is 20.8 Å². The van der Waals surface area contributed by atoms with Crippen molar-refractivity contribution in [3.63, 3.8) is 0 Å². The Morgan fingerprint density at radius 3 is 1.47 bits per heavy atom. The molecule has 0 heterocycles. The van der Waals surface area contributed by atoms with Gasteiger partial charge in [-0.1, -0.05) is 20.8 Å². The predicted molar refractivity (Wildman–Crippen MR) is 45.1 cm³/mol. The summed E-state index contributed by atoms with van der Waals surface area (Å²) in [4.78, 5) is 21.8.